The average Bonchev–Trinajstić information content (AvgIpc) is 2.37. The van der Waals surface area contributed by atoms with Crippen molar-refractivity contribution in [3.8, 4) is 0 Å². The van der Waals surface area contributed by atoms with Crippen molar-refractivity contribution in [2.24, 2.45) is 0 Å². The highest BCUT2D eigenvalue weighted by atomic mass is 79.9. The van der Waals surface area contributed by atoms with Crippen LogP contribution in [0.15, 0.2) is 16.7 Å². The normalized spacial score (nSPS) is 18.1. The van der Waals surface area contributed by atoms with Gasteiger partial charge in [-0.05, 0) is 47.8 Å². The minimum Gasteiger partial charge on any atom is -0.388 e. The molecular weight excluding hydrogens is 308 g/mol. The molecule has 1 heterocycles. The molecule has 1 aliphatic carbocycles. The van der Waals surface area contributed by atoms with Gasteiger partial charge in [0.25, 0.3) is 5.91 Å². The SMILES string of the molecule is Cc1ccc(C(=O)NCC2(O)CCCCC2)c(Br)n1. The highest BCUT2D eigenvalue weighted by molar-refractivity contribution is 9.10. The predicted molar refractivity (Wildman–Crippen MR) is 77.0 cm³/mol. The maximum atomic E-state index is 12.1. The maximum Gasteiger partial charge on any atom is 0.254 e. The Kier molecular flexibility index (Phi) is 4.58. The van der Waals surface area contributed by atoms with E-state index in [0.717, 1.165) is 31.4 Å². The summed E-state index contributed by atoms with van der Waals surface area (Å²) in [5.74, 6) is -0.196. The molecule has 1 aromatic heterocycles. The van der Waals surface area contributed by atoms with Crippen molar-refractivity contribution in [2.45, 2.75) is 44.6 Å². The van der Waals surface area contributed by atoms with Gasteiger partial charge < -0.3 is 10.4 Å². The summed E-state index contributed by atoms with van der Waals surface area (Å²) < 4.78 is 0.542. The average molecular weight is 327 g/mol. The summed E-state index contributed by atoms with van der Waals surface area (Å²) >= 11 is 3.29. The summed E-state index contributed by atoms with van der Waals surface area (Å²) in [6.07, 6.45) is 4.76. The zero-order chi connectivity index (χ0) is 13.9. The Hall–Kier alpha value is -0.940. The Balaban J connectivity index is 1.97. The largest absolute Gasteiger partial charge is 0.388 e. The van der Waals surface area contributed by atoms with Crippen LogP contribution in [0.25, 0.3) is 0 Å². The first-order valence-corrected chi connectivity index (χ1v) is 7.43. The van der Waals surface area contributed by atoms with Gasteiger partial charge in [-0.1, -0.05) is 19.3 Å². The second-order valence-corrected chi connectivity index (χ2v) is 6.01. The zero-order valence-corrected chi connectivity index (χ0v) is 12.7. The molecule has 4 nitrogen and oxygen atoms in total. The summed E-state index contributed by atoms with van der Waals surface area (Å²) in [5, 5.41) is 13.1. The summed E-state index contributed by atoms with van der Waals surface area (Å²) in [6.45, 7) is 2.18. The number of halogens is 1. The van der Waals surface area contributed by atoms with Gasteiger partial charge in [-0.25, -0.2) is 4.98 Å². The van der Waals surface area contributed by atoms with E-state index in [9.17, 15) is 9.90 Å². The minimum absolute atomic E-state index is 0.196. The number of aliphatic hydroxyl groups is 1. The fourth-order valence-corrected chi connectivity index (χ4v) is 3.01. The van der Waals surface area contributed by atoms with Gasteiger partial charge >= 0.3 is 0 Å². The van der Waals surface area contributed by atoms with E-state index >= 15 is 0 Å². The molecule has 1 saturated carbocycles. The quantitative estimate of drug-likeness (QED) is 0.839. The molecule has 1 fully saturated rings. The van der Waals surface area contributed by atoms with Crippen LogP contribution in [-0.2, 0) is 0 Å². The van der Waals surface area contributed by atoms with Crippen molar-refractivity contribution in [1.29, 1.82) is 0 Å². The standard InChI is InChI=1S/C14H19BrN2O2/c1-10-5-6-11(12(15)17-10)13(18)16-9-14(19)7-3-2-4-8-14/h5-6,19H,2-4,7-9H2,1H3,(H,16,18). The van der Waals surface area contributed by atoms with Crippen LogP contribution in [0.3, 0.4) is 0 Å². The molecule has 1 amide bonds. The van der Waals surface area contributed by atoms with E-state index in [4.69, 9.17) is 0 Å². The number of amides is 1. The van der Waals surface area contributed by atoms with Crippen LogP contribution in [-0.4, -0.2) is 28.1 Å². The molecule has 0 radical (unpaired) electrons. The van der Waals surface area contributed by atoms with Crippen LogP contribution in [0, 0.1) is 6.92 Å². The minimum atomic E-state index is -0.738. The first-order valence-electron chi connectivity index (χ1n) is 6.64. The van der Waals surface area contributed by atoms with Gasteiger partial charge in [-0.15, -0.1) is 0 Å². The number of nitrogens with zero attached hydrogens (tertiary/aromatic N) is 1. The Morgan fingerprint density at radius 1 is 1.42 bits per heavy atom. The lowest BCUT2D eigenvalue weighted by Gasteiger charge is -2.32. The number of aryl methyl sites for hydroxylation is 1. The lowest BCUT2D eigenvalue weighted by Crippen LogP contribution is -2.44. The topological polar surface area (TPSA) is 62.2 Å². The molecule has 1 aromatic rings. The summed E-state index contributed by atoms with van der Waals surface area (Å²) in [4.78, 5) is 16.3. The van der Waals surface area contributed by atoms with Crippen molar-refractivity contribution in [2.75, 3.05) is 6.54 Å². The third-order valence-corrected chi connectivity index (χ3v) is 4.20. The van der Waals surface area contributed by atoms with Crippen LogP contribution in [0.4, 0.5) is 0 Å². The molecule has 19 heavy (non-hydrogen) atoms. The molecule has 0 saturated heterocycles. The van der Waals surface area contributed by atoms with E-state index in [1.165, 1.54) is 6.42 Å². The molecule has 0 bridgehead atoms. The van der Waals surface area contributed by atoms with Gasteiger partial charge in [-0.2, -0.15) is 0 Å². The van der Waals surface area contributed by atoms with Crippen LogP contribution >= 0.6 is 15.9 Å². The monoisotopic (exact) mass is 326 g/mol. The Morgan fingerprint density at radius 2 is 2.11 bits per heavy atom. The van der Waals surface area contributed by atoms with Crippen molar-refractivity contribution in [1.82, 2.24) is 10.3 Å². The molecule has 2 rings (SSSR count). The molecule has 0 aromatic carbocycles. The molecule has 0 aliphatic heterocycles. The number of pyridine rings is 1. The highest BCUT2D eigenvalue weighted by Gasteiger charge is 2.29. The number of carbonyl (C=O) groups is 1. The molecule has 5 heteroatoms. The number of hydrogen-bond acceptors (Lipinski definition) is 3. The Bertz CT molecular complexity index is 471. The van der Waals surface area contributed by atoms with E-state index in [2.05, 4.69) is 26.2 Å². The van der Waals surface area contributed by atoms with Gasteiger partial charge in [0.2, 0.25) is 0 Å². The van der Waals surface area contributed by atoms with Crippen LogP contribution < -0.4 is 5.32 Å². The molecule has 2 N–H and O–H groups in total. The summed E-state index contributed by atoms with van der Waals surface area (Å²) in [7, 11) is 0. The van der Waals surface area contributed by atoms with E-state index in [1.54, 1.807) is 12.1 Å². The van der Waals surface area contributed by atoms with E-state index < -0.39 is 5.60 Å². The van der Waals surface area contributed by atoms with Crippen LogP contribution in [0.5, 0.6) is 0 Å². The summed E-state index contributed by atoms with van der Waals surface area (Å²) in [5.41, 5.74) is 0.623. The van der Waals surface area contributed by atoms with Gasteiger partial charge in [0, 0.05) is 12.2 Å². The fraction of sp³-hybridized carbons (Fsp3) is 0.571. The smallest absolute Gasteiger partial charge is 0.254 e. The van der Waals surface area contributed by atoms with Crippen LogP contribution in [0.2, 0.25) is 0 Å². The van der Waals surface area contributed by atoms with Crippen molar-refractivity contribution in [3.05, 3.63) is 28.0 Å². The van der Waals surface area contributed by atoms with Crippen LogP contribution in [0.1, 0.15) is 48.2 Å². The fourth-order valence-electron chi connectivity index (χ4n) is 2.42. The van der Waals surface area contributed by atoms with E-state index in [-0.39, 0.29) is 5.91 Å². The molecule has 0 atom stereocenters. The Morgan fingerprint density at radius 3 is 2.74 bits per heavy atom. The highest BCUT2D eigenvalue weighted by Crippen LogP contribution is 2.27. The number of rotatable bonds is 3. The number of hydrogen-bond donors (Lipinski definition) is 2. The molecular formula is C14H19BrN2O2. The predicted octanol–water partition coefficient (Wildman–Crippen LogP) is 2.58. The van der Waals surface area contributed by atoms with E-state index in [1.807, 2.05) is 6.92 Å². The summed E-state index contributed by atoms with van der Waals surface area (Å²) in [6, 6.07) is 3.54. The van der Waals surface area contributed by atoms with Gasteiger partial charge in [0.1, 0.15) is 4.60 Å². The number of aromatic nitrogens is 1. The second-order valence-electron chi connectivity index (χ2n) is 5.26. The maximum absolute atomic E-state index is 12.1. The second kappa shape index (κ2) is 6.01. The van der Waals surface area contributed by atoms with Crippen molar-refractivity contribution in [3.63, 3.8) is 0 Å². The van der Waals surface area contributed by atoms with Gasteiger partial charge in [-0.3, -0.25) is 4.79 Å². The van der Waals surface area contributed by atoms with Crippen molar-refractivity contribution >= 4 is 21.8 Å². The third-order valence-electron chi connectivity index (χ3n) is 3.59. The first kappa shape index (κ1) is 14.5. The first-order chi connectivity index (χ1) is 9.00. The molecule has 0 unspecified atom stereocenters. The third kappa shape index (κ3) is 3.76. The van der Waals surface area contributed by atoms with Crippen molar-refractivity contribution < 1.29 is 9.90 Å². The molecule has 104 valence electrons. The zero-order valence-electron chi connectivity index (χ0n) is 11.1. The number of nitrogens with one attached hydrogen (secondary N) is 1. The lowest BCUT2D eigenvalue weighted by atomic mass is 9.85. The molecule has 1 aliphatic rings. The van der Waals surface area contributed by atoms with E-state index in [0.29, 0.717) is 16.7 Å². The molecule has 0 spiro atoms. The van der Waals surface area contributed by atoms with Gasteiger partial charge in [0.05, 0.1) is 11.2 Å². The van der Waals surface area contributed by atoms with Gasteiger partial charge in [0.15, 0.2) is 0 Å². The Labute approximate surface area is 121 Å². The number of carbonyl (C=O) groups excluding carboxylic acids is 1. The lowest BCUT2D eigenvalue weighted by molar-refractivity contribution is 0.00524.